The lowest BCUT2D eigenvalue weighted by Gasteiger charge is -2.16. The van der Waals surface area contributed by atoms with Gasteiger partial charge in [-0.1, -0.05) is 12.1 Å². The highest BCUT2D eigenvalue weighted by atomic mass is 16.5. The van der Waals surface area contributed by atoms with Gasteiger partial charge in [0.15, 0.2) is 17.3 Å². The van der Waals surface area contributed by atoms with E-state index in [1.165, 1.54) is 21.3 Å². The first-order chi connectivity index (χ1) is 13.1. The minimum absolute atomic E-state index is 0.0714. The Hall–Kier alpha value is -3.08. The van der Waals surface area contributed by atoms with Crippen LogP contribution in [0.1, 0.15) is 27.7 Å². The summed E-state index contributed by atoms with van der Waals surface area (Å²) in [7, 11) is 4.55. The molecule has 2 aromatic rings. The first-order valence-corrected chi connectivity index (χ1v) is 8.45. The Labute approximate surface area is 157 Å². The number of hydrogen-bond acceptors (Lipinski definition) is 7. The van der Waals surface area contributed by atoms with E-state index in [0.717, 1.165) is 5.56 Å². The summed E-state index contributed by atoms with van der Waals surface area (Å²) < 4.78 is 15.9. The summed E-state index contributed by atoms with van der Waals surface area (Å²) in [5, 5.41) is 15.5. The third-order valence-electron chi connectivity index (χ3n) is 4.53. The highest BCUT2D eigenvalue weighted by molar-refractivity contribution is 6.01. The van der Waals surface area contributed by atoms with Crippen LogP contribution in [0.5, 0.6) is 17.2 Å². The van der Waals surface area contributed by atoms with Crippen LogP contribution in [0.2, 0.25) is 0 Å². The molecule has 27 heavy (non-hydrogen) atoms. The topological polar surface area (TPSA) is 92.6 Å². The van der Waals surface area contributed by atoms with Crippen molar-refractivity contribution in [2.24, 2.45) is 0 Å². The maximum atomic E-state index is 13.0. The lowest BCUT2D eigenvalue weighted by atomic mass is 10.0. The molecule has 2 atom stereocenters. The quantitative estimate of drug-likeness (QED) is 0.755. The Kier molecular flexibility index (Phi) is 5.60. The fourth-order valence-electron chi connectivity index (χ4n) is 3.11. The fraction of sp³-hybridized carbons (Fsp3) is 0.300. The zero-order valence-corrected chi connectivity index (χ0v) is 15.4. The average molecular weight is 367 g/mol. The van der Waals surface area contributed by atoms with Crippen LogP contribution in [0.4, 0.5) is 0 Å². The number of ketones is 1. The van der Waals surface area contributed by atoms with E-state index in [0.29, 0.717) is 34.9 Å². The van der Waals surface area contributed by atoms with Crippen molar-refractivity contribution in [1.29, 1.82) is 5.26 Å². The molecule has 2 aromatic carbocycles. The third kappa shape index (κ3) is 3.72. The van der Waals surface area contributed by atoms with Crippen molar-refractivity contribution in [3.05, 3.63) is 53.1 Å². The zero-order valence-electron chi connectivity index (χ0n) is 15.4. The van der Waals surface area contributed by atoms with E-state index >= 15 is 0 Å². The second kappa shape index (κ2) is 8.08. The summed E-state index contributed by atoms with van der Waals surface area (Å²) in [6, 6.07) is 12.3. The number of nitriles is 1. The molecule has 1 aliphatic heterocycles. The molecule has 0 saturated carbocycles. The van der Waals surface area contributed by atoms with Crippen LogP contribution >= 0.6 is 0 Å². The molecule has 140 valence electrons. The molecule has 0 bridgehead atoms. The molecule has 3 rings (SSSR count). The van der Waals surface area contributed by atoms with Gasteiger partial charge in [-0.3, -0.25) is 15.4 Å². The fourth-order valence-corrected chi connectivity index (χ4v) is 3.11. The van der Waals surface area contributed by atoms with E-state index in [9.17, 15) is 4.79 Å². The van der Waals surface area contributed by atoms with Gasteiger partial charge in [0, 0.05) is 12.1 Å². The van der Waals surface area contributed by atoms with Crippen LogP contribution in [0.25, 0.3) is 0 Å². The van der Waals surface area contributed by atoms with Crippen LogP contribution in [-0.4, -0.2) is 39.7 Å². The number of ether oxygens (including phenoxy) is 3. The number of nitrogens with zero attached hydrogens (tertiary/aromatic N) is 1. The summed E-state index contributed by atoms with van der Waals surface area (Å²) in [6.45, 7) is 0.486. The average Bonchev–Trinajstić information content (AvgIpc) is 3.22. The van der Waals surface area contributed by atoms with E-state index in [2.05, 4.69) is 16.7 Å². The van der Waals surface area contributed by atoms with Crippen LogP contribution in [0.15, 0.2) is 36.4 Å². The van der Waals surface area contributed by atoms with Crippen molar-refractivity contribution < 1.29 is 19.0 Å². The van der Waals surface area contributed by atoms with Crippen molar-refractivity contribution in [2.75, 3.05) is 27.9 Å². The predicted octanol–water partition coefficient (Wildman–Crippen LogP) is 2.03. The molecule has 1 saturated heterocycles. The number of Topliss-reactive ketones (excluding diaryl/α,β-unsaturated/α-hetero) is 1. The molecule has 2 unspecified atom stereocenters. The SMILES string of the molecule is COc1cc(C(=O)C2CNC(c3ccc(C#N)cc3)N2)cc(OC)c1OC. The van der Waals surface area contributed by atoms with Gasteiger partial charge >= 0.3 is 0 Å². The number of methoxy groups -OCH3 is 3. The molecule has 7 heteroatoms. The maximum absolute atomic E-state index is 13.0. The highest BCUT2D eigenvalue weighted by Gasteiger charge is 2.31. The van der Waals surface area contributed by atoms with Gasteiger partial charge in [-0.25, -0.2) is 0 Å². The monoisotopic (exact) mass is 367 g/mol. The Morgan fingerprint density at radius 3 is 2.22 bits per heavy atom. The molecule has 0 aromatic heterocycles. The van der Waals surface area contributed by atoms with E-state index in [-0.39, 0.29) is 11.9 Å². The number of benzene rings is 2. The van der Waals surface area contributed by atoms with Gasteiger partial charge in [0.2, 0.25) is 5.75 Å². The molecular formula is C20H21N3O4. The normalized spacial score (nSPS) is 18.6. The standard InChI is InChI=1S/C20H21N3O4/c1-25-16-8-14(9-17(26-2)19(16)27-3)18(24)15-11-22-20(23-15)13-6-4-12(10-21)5-7-13/h4-9,15,20,22-23H,11H2,1-3H3. The second-order valence-electron chi connectivity index (χ2n) is 6.07. The Morgan fingerprint density at radius 1 is 1.07 bits per heavy atom. The Balaban J connectivity index is 1.79. The molecule has 0 aliphatic carbocycles. The van der Waals surface area contributed by atoms with Gasteiger partial charge in [-0.2, -0.15) is 5.26 Å². The van der Waals surface area contributed by atoms with Gasteiger partial charge in [0.1, 0.15) is 0 Å². The molecule has 0 amide bonds. The largest absolute Gasteiger partial charge is 0.493 e. The highest BCUT2D eigenvalue weighted by Crippen LogP contribution is 2.38. The summed E-state index contributed by atoms with van der Waals surface area (Å²) in [4.78, 5) is 13.0. The minimum atomic E-state index is -0.395. The molecule has 2 N–H and O–H groups in total. The van der Waals surface area contributed by atoms with Crippen LogP contribution in [0, 0.1) is 11.3 Å². The molecule has 7 nitrogen and oxygen atoms in total. The minimum Gasteiger partial charge on any atom is -0.493 e. The van der Waals surface area contributed by atoms with E-state index in [1.807, 2.05) is 12.1 Å². The second-order valence-corrected chi connectivity index (χ2v) is 6.07. The first kappa shape index (κ1) is 18.7. The third-order valence-corrected chi connectivity index (χ3v) is 4.53. The van der Waals surface area contributed by atoms with E-state index < -0.39 is 6.04 Å². The summed E-state index contributed by atoms with van der Waals surface area (Å²) in [6.07, 6.45) is -0.159. The molecule has 0 spiro atoms. The van der Waals surface area contributed by atoms with Crippen molar-refractivity contribution in [3.8, 4) is 23.3 Å². The molecular weight excluding hydrogens is 346 g/mol. The smallest absolute Gasteiger partial charge is 0.203 e. The van der Waals surface area contributed by atoms with Gasteiger partial charge in [0.05, 0.1) is 45.2 Å². The summed E-state index contributed by atoms with van der Waals surface area (Å²) >= 11 is 0. The molecule has 1 aliphatic rings. The number of hydrogen-bond donors (Lipinski definition) is 2. The summed E-state index contributed by atoms with van der Waals surface area (Å²) in [5.74, 6) is 1.26. The van der Waals surface area contributed by atoms with Gasteiger partial charge in [-0.05, 0) is 29.8 Å². The van der Waals surface area contributed by atoms with E-state index in [4.69, 9.17) is 19.5 Å². The Bertz CT molecular complexity index is 849. The summed E-state index contributed by atoms with van der Waals surface area (Å²) in [5.41, 5.74) is 2.04. The lowest BCUT2D eigenvalue weighted by Crippen LogP contribution is -2.34. The maximum Gasteiger partial charge on any atom is 0.203 e. The molecule has 0 radical (unpaired) electrons. The predicted molar refractivity (Wildman–Crippen MR) is 99.3 cm³/mol. The number of carbonyl (C=O) groups excluding carboxylic acids is 1. The number of rotatable bonds is 6. The van der Waals surface area contributed by atoms with Crippen molar-refractivity contribution in [1.82, 2.24) is 10.6 Å². The van der Waals surface area contributed by atoms with Gasteiger partial charge < -0.3 is 14.2 Å². The van der Waals surface area contributed by atoms with Crippen molar-refractivity contribution >= 4 is 5.78 Å². The Morgan fingerprint density at radius 2 is 1.70 bits per heavy atom. The first-order valence-electron chi connectivity index (χ1n) is 8.45. The number of carbonyl (C=O) groups is 1. The van der Waals surface area contributed by atoms with Gasteiger partial charge in [-0.15, -0.1) is 0 Å². The van der Waals surface area contributed by atoms with Crippen LogP contribution in [0.3, 0.4) is 0 Å². The molecule has 1 fully saturated rings. The van der Waals surface area contributed by atoms with Crippen LogP contribution < -0.4 is 24.8 Å². The van der Waals surface area contributed by atoms with E-state index in [1.54, 1.807) is 24.3 Å². The van der Waals surface area contributed by atoms with Gasteiger partial charge in [0.25, 0.3) is 0 Å². The zero-order chi connectivity index (χ0) is 19.4. The number of nitrogens with one attached hydrogen (secondary N) is 2. The lowest BCUT2D eigenvalue weighted by molar-refractivity contribution is 0.0954. The van der Waals surface area contributed by atoms with Crippen molar-refractivity contribution in [3.63, 3.8) is 0 Å². The molecule has 1 heterocycles. The van der Waals surface area contributed by atoms with Crippen molar-refractivity contribution in [2.45, 2.75) is 12.2 Å². The van der Waals surface area contributed by atoms with Crippen LogP contribution in [-0.2, 0) is 0 Å².